The Kier molecular flexibility index (Phi) is 5.71. The number of nitrogens with zero attached hydrogens (tertiary/aromatic N) is 1. The number of primary amides is 1. The van der Waals surface area contributed by atoms with Crippen LogP contribution in [-0.2, 0) is 4.74 Å². The van der Waals surface area contributed by atoms with Crippen molar-refractivity contribution in [2.45, 2.75) is 6.42 Å². The maximum Gasteiger partial charge on any atom is 0.252 e. The lowest BCUT2D eigenvalue weighted by molar-refractivity contribution is 0.0374. The fourth-order valence-corrected chi connectivity index (χ4v) is 2.32. The van der Waals surface area contributed by atoms with Gasteiger partial charge in [-0.25, -0.2) is 0 Å². The van der Waals surface area contributed by atoms with Crippen LogP contribution in [0.1, 0.15) is 27.1 Å². The molecular formula is C15H21N3O3. The van der Waals surface area contributed by atoms with Crippen LogP contribution in [0.4, 0.5) is 0 Å². The maximum atomic E-state index is 12.1. The molecule has 0 aromatic heterocycles. The summed E-state index contributed by atoms with van der Waals surface area (Å²) >= 11 is 0. The first-order valence-electron chi connectivity index (χ1n) is 7.15. The van der Waals surface area contributed by atoms with Crippen molar-refractivity contribution < 1.29 is 14.3 Å². The third-order valence-corrected chi connectivity index (χ3v) is 3.48. The van der Waals surface area contributed by atoms with E-state index in [4.69, 9.17) is 10.5 Å². The molecule has 0 spiro atoms. The van der Waals surface area contributed by atoms with Crippen LogP contribution in [-0.4, -0.2) is 56.1 Å². The highest BCUT2D eigenvalue weighted by Gasteiger charge is 2.14. The molecular weight excluding hydrogens is 270 g/mol. The molecule has 1 fully saturated rings. The van der Waals surface area contributed by atoms with E-state index in [-0.39, 0.29) is 11.5 Å². The first-order valence-corrected chi connectivity index (χ1v) is 7.15. The fraction of sp³-hybridized carbons (Fsp3) is 0.467. The van der Waals surface area contributed by atoms with Crippen LogP contribution in [0, 0.1) is 0 Å². The summed E-state index contributed by atoms with van der Waals surface area (Å²) in [5, 5.41) is 2.83. The number of nitrogens with two attached hydrogens (primary N) is 1. The second kappa shape index (κ2) is 7.75. The van der Waals surface area contributed by atoms with Gasteiger partial charge in [-0.3, -0.25) is 14.5 Å². The lowest BCUT2D eigenvalue weighted by Gasteiger charge is -2.26. The van der Waals surface area contributed by atoms with Crippen molar-refractivity contribution in [2.24, 2.45) is 5.73 Å². The minimum atomic E-state index is -0.589. The number of rotatable bonds is 6. The van der Waals surface area contributed by atoms with Crippen molar-refractivity contribution in [2.75, 3.05) is 39.4 Å². The average molecular weight is 291 g/mol. The molecule has 0 radical (unpaired) electrons. The molecule has 1 aromatic carbocycles. The summed E-state index contributed by atoms with van der Waals surface area (Å²) in [5.74, 6) is -0.847. The molecule has 21 heavy (non-hydrogen) atoms. The predicted octanol–water partition coefficient (Wildman–Crippen LogP) is 0.238. The molecule has 0 unspecified atom stereocenters. The Hall–Kier alpha value is -1.92. The Morgan fingerprint density at radius 3 is 2.52 bits per heavy atom. The largest absolute Gasteiger partial charge is 0.379 e. The van der Waals surface area contributed by atoms with E-state index in [1.807, 2.05) is 0 Å². The molecule has 6 nitrogen and oxygen atoms in total. The molecule has 1 aromatic rings. The van der Waals surface area contributed by atoms with Crippen LogP contribution in [0.15, 0.2) is 24.3 Å². The number of amides is 2. The molecule has 3 N–H and O–H groups in total. The van der Waals surface area contributed by atoms with Crippen molar-refractivity contribution >= 4 is 11.8 Å². The van der Waals surface area contributed by atoms with E-state index in [1.165, 1.54) is 0 Å². The Bertz CT molecular complexity index is 499. The Morgan fingerprint density at radius 2 is 1.86 bits per heavy atom. The van der Waals surface area contributed by atoms with Crippen molar-refractivity contribution in [3.05, 3.63) is 35.4 Å². The maximum absolute atomic E-state index is 12.1. The van der Waals surface area contributed by atoms with Gasteiger partial charge in [0.25, 0.3) is 5.91 Å². The van der Waals surface area contributed by atoms with Crippen LogP contribution in [0.25, 0.3) is 0 Å². The average Bonchev–Trinajstić information content (AvgIpc) is 2.52. The summed E-state index contributed by atoms with van der Waals surface area (Å²) in [6, 6.07) is 6.58. The number of morpholine rings is 1. The first-order chi connectivity index (χ1) is 10.2. The summed E-state index contributed by atoms with van der Waals surface area (Å²) in [5.41, 5.74) is 5.85. The Labute approximate surface area is 124 Å². The van der Waals surface area contributed by atoms with Gasteiger partial charge in [0.1, 0.15) is 0 Å². The number of hydrogen-bond acceptors (Lipinski definition) is 4. The van der Waals surface area contributed by atoms with E-state index in [0.29, 0.717) is 12.1 Å². The second-order valence-electron chi connectivity index (χ2n) is 4.97. The van der Waals surface area contributed by atoms with E-state index in [1.54, 1.807) is 24.3 Å². The summed E-state index contributed by atoms with van der Waals surface area (Å²) in [6.07, 6.45) is 0.866. The number of hydrogen-bond donors (Lipinski definition) is 2. The molecule has 1 saturated heterocycles. The van der Waals surface area contributed by atoms with Gasteiger partial charge in [0.05, 0.1) is 24.3 Å². The van der Waals surface area contributed by atoms with Crippen molar-refractivity contribution in [1.82, 2.24) is 10.2 Å². The predicted molar refractivity (Wildman–Crippen MR) is 79.2 cm³/mol. The molecule has 114 valence electrons. The topological polar surface area (TPSA) is 84.7 Å². The van der Waals surface area contributed by atoms with Gasteiger partial charge in [0.15, 0.2) is 0 Å². The molecule has 0 saturated carbocycles. The third kappa shape index (κ3) is 4.54. The molecule has 2 amide bonds. The number of carbonyl (C=O) groups is 2. The first kappa shape index (κ1) is 15.5. The fourth-order valence-electron chi connectivity index (χ4n) is 2.32. The van der Waals surface area contributed by atoms with Crippen LogP contribution in [0.5, 0.6) is 0 Å². The zero-order valence-electron chi connectivity index (χ0n) is 12.0. The quantitative estimate of drug-likeness (QED) is 0.735. The van der Waals surface area contributed by atoms with Gasteiger partial charge in [-0.15, -0.1) is 0 Å². The monoisotopic (exact) mass is 291 g/mol. The molecule has 2 rings (SSSR count). The standard InChI is InChI=1S/C15H21N3O3/c16-14(19)12-4-1-2-5-13(12)15(20)17-6-3-7-18-8-10-21-11-9-18/h1-2,4-5H,3,6-11H2,(H2,16,19)(H,17,20). The molecule has 6 heteroatoms. The van der Waals surface area contributed by atoms with E-state index in [9.17, 15) is 9.59 Å². The highest BCUT2D eigenvalue weighted by Crippen LogP contribution is 2.07. The molecule has 0 aliphatic carbocycles. The van der Waals surface area contributed by atoms with E-state index in [0.717, 1.165) is 39.3 Å². The Morgan fingerprint density at radius 1 is 1.19 bits per heavy atom. The number of benzene rings is 1. The van der Waals surface area contributed by atoms with Crippen LogP contribution >= 0.6 is 0 Å². The van der Waals surface area contributed by atoms with Gasteiger partial charge in [0.2, 0.25) is 5.91 Å². The summed E-state index contributed by atoms with van der Waals surface area (Å²) in [7, 11) is 0. The zero-order chi connectivity index (χ0) is 15.1. The van der Waals surface area contributed by atoms with Crippen molar-refractivity contribution in [3.8, 4) is 0 Å². The Balaban J connectivity index is 1.78. The van der Waals surface area contributed by atoms with Crippen molar-refractivity contribution in [3.63, 3.8) is 0 Å². The van der Waals surface area contributed by atoms with E-state index < -0.39 is 5.91 Å². The van der Waals surface area contributed by atoms with Crippen LogP contribution in [0.3, 0.4) is 0 Å². The highest BCUT2D eigenvalue weighted by atomic mass is 16.5. The lowest BCUT2D eigenvalue weighted by Crippen LogP contribution is -2.38. The molecule has 0 bridgehead atoms. The van der Waals surface area contributed by atoms with Gasteiger partial charge in [-0.2, -0.15) is 0 Å². The van der Waals surface area contributed by atoms with Gasteiger partial charge in [0, 0.05) is 19.6 Å². The minimum absolute atomic E-state index is 0.253. The molecule has 0 atom stereocenters. The van der Waals surface area contributed by atoms with E-state index in [2.05, 4.69) is 10.2 Å². The van der Waals surface area contributed by atoms with Crippen LogP contribution < -0.4 is 11.1 Å². The van der Waals surface area contributed by atoms with Gasteiger partial charge in [-0.05, 0) is 25.1 Å². The van der Waals surface area contributed by atoms with Gasteiger partial charge in [-0.1, -0.05) is 12.1 Å². The SMILES string of the molecule is NC(=O)c1ccccc1C(=O)NCCCN1CCOCC1. The number of carbonyl (C=O) groups excluding carboxylic acids is 2. The summed E-state index contributed by atoms with van der Waals surface area (Å²) < 4.78 is 5.28. The second-order valence-corrected chi connectivity index (χ2v) is 4.97. The van der Waals surface area contributed by atoms with Gasteiger partial charge < -0.3 is 15.8 Å². The number of nitrogens with one attached hydrogen (secondary N) is 1. The molecule has 1 aliphatic heterocycles. The summed E-state index contributed by atoms with van der Waals surface area (Å²) in [4.78, 5) is 25.7. The zero-order valence-corrected chi connectivity index (χ0v) is 12.0. The molecule has 1 aliphatic rings. The summed E-state index contributed by atoms with van der Waals surface area (Å²) in [6.45, 7) is 4.94. The number of ether oxygens (including phenoxy) is 1. The minimum Gasteiger partial charge on any atom is -0.379 e. The lowest BCUT2D eigenvalue weighted by atomic mass is 10.1. The third-order valence-electron chi connectivity index (χ3n) is 3.48. The highest BCUT2D eigenvalue weighted by molar-refractivity contribution is 6.06. The van der Waals surface area contributed by atoms with Crippen molar-refractivity contribution in [1.29, 1.82) is 0 Å². The van der Waals surface area contributed by atoms with E-state index >= 15 is 0 Å². The van der Waals surface area contributed by atoms with Crippen LogP contribution in [0.2, 0.25) is 0 Å². The smallest absolute Gasteiger partial charge is 0.252 e. The normalized spacial score (nSPS) is 15.6. The molecule has 1 heterocycles. The van der Waals surface area contributed by atoms with Gasteiger partial charge >= 0.3 is 0 Å².